The first-order valence-corrected chi connectivity index (χ1v) is 10.00. The quantitative estimate of drug-likeness (QED) is 0.691. The van der Waals surface area contributed by atoms with Crippen LogP contribution in [0, 0.1) is 0 Å². The first-order valence-electron chi connectivity index (χ1n) is 8.45. The van der Waals surface area contributed by atoms with Crippen molar-refractivity contribution >= 4 is 50.6 Å². The predicted molar refractivity (Wildman–Crippen MR) is 109 cm³/mol. The number of nitrogens with zero attached hydrogens (tertiary/aromatic N) is 1. The number of carbonyl (C=O) groups excluding carboxylic acids is 1. The maximum Gasteiger partial charge on any atom is 0.258 e. The molecule has 0 aromatic heterocycles. The number of β-amino-alcohol motifs (C(OH)–C–C–N with tert-alkyl or cyclic N) is 1. The molecular weight excluding hydrogens is 453 g/mol. The number of hydrogen-bond acceptors (Lipinski definition) is 3. The zero-order chi connectivity index (χ0) is 19.3. The van der Waals surface area contributed by atoms with Crippen LogP contribution in [0.25, 0.3) is 5.57 Å². The zero-order valence-electron chi connectivity index (χ0n) is 14.1. The highest BCUT2D eigenvalue weighted by Crippen LogP contribution is 2.48. The summed E-state index contributed by atoms with van der Waals surface area (Å²) in [5.74, 6) is -0.357. The normalized spacial score (nSPS) is 24.7. The lowest BCUT2D eigenvalue weighted by atomic mass is 9.85. The standard InChI is InChI=1S/C20H16BrCl2NO3/c21-13-3-1-11(2-4-13)8-20-9-16(25)10-24(20)19(27)17(18(20)26)12-5-14(22)7-15(23)6-12/h1-7,16,25-26H,8-10H2/t16-,20+/m1/s1. The minimum atomic E-state index is -0.964. The van der Waals surface area contributed by atoms with Crippen LogP contribution >= 0.6 is 39.1 Å². The van der Waals surface area contributed by atoms with Gasteiger partial charge in [-0.2, -0.15) is 0 Å². The summed E-state index contributed by atoms with van der Waals surface area (Å²) < 4.78 is 0.948. The van der Waals surface area contributed by atoms with Crippen LogP contribution in [0.1, 0.15) is 17.5 Å². The van der Waals surface area contributed by atoms with Gasteiger partial charge in [-0.25, -0.2) is 0 Å². The van der Waals surface area contributed by atoms with E-state index in [0.717, 1.165) is 10.0 Å². The SMILES string of the molecule is O=C1C(c2cc(Cl)cc(Cl)c2)=C(O)[C@]2(Cc3ccc(Br)cc3)C[C@@H](O)CN12. The molecule has 27 heavy (non-hydrogen) atoms. The molecule has 2 aromatic carbocycles. The van der Waals surface area contributed by atoms with Crippen LogP contribution in [-0.2, 0) is 11.2 Å². The molecule has 0 saturated carbocycles. The summed E-state index contributed by atoms with van der Waals surface area (Å²) >= 11 is 15.6. The lowest BCUT2D eigenvalue weighted by molar-refractivity contribution is -0.126. The van der Waals surface area contributed by atoms with Gasteiger partial charge in [-0.15, -0.1) is 0 Å². The zero-order valence-corrected chi connectivity index (χ0v) is 17.2. The van der Waals surface area contributed by atoms with Gasteiger partial charge in [-0.3, -0.25) is 4.79 Å². The molecule has 1 amide bonds. The number of benzene rings is 2. The number of carbonyl (C=O) groups is 1. The molecule has 4 rings (SSSR count). The largest absolute Gasteiger partial charge is 0.509 e. The number of rotatable bonds is 3. The molecule has 2 heterocycles. The monoisotopic (exact) mass is 467 g/mol. The van der Waals surface area contributed by atoms with E-state index >= 15 is 0 Å². The summed E-state index contributed by atoms with van der Waals surface area (Å²) in [5, 5.41) is 22.2. The Balaban J connectivity index is 1.83. The molecule has 0 aliphatic carbocycles. The molecule has 2 aliphatic heterocycles. The van der Waals surface area contributed by atoms with Crippen molar-refractivity contribution in [3.8, 4) is 0 Å². The van der Waals surface area contributed by atoms with Crippen molar-refractivity contribution in [1.82, 2.24) is 4.90 Å². The minimum absolute atomic E-state index is 0.0368. The summed E-state index contributed by atoms with van der Waals surface area (Å²) in [6.45, 7) is 0.178. The number of fused-ring (bicyclic) bond motifs is 1. The van der Waals surface area contributed by atoms with Crippen LogP contribution in [0.3, 0.4) is 0 Å². The van der Waals surface area contributed by atoms with Crippen LogP contribution in [0.5, 0.6) is 0 Å². The average molecular weight is 469 g/mol. The van der Waals surface area contributed by atoms with Gasteiger partial charge in [-0.05, 0) is 41.5 Å². The smallest absolute Gasteiger partial charge is 0.258 e. The van der Waals surface area contributed by atoms with E-state index in [9.17, 15) is 15.0 Å². The van der Waals surface area contributed by atoms with E-state index < -0.39 is 11.6 Å². The molecule has 2 N–H and O–H groups in total. The van der Waals surface area contributed by atoms with Gasteiger partial charge >= 0.3 is 0 Å². The Bertz CT molecular complexity index is 940. The molecule has 0 unspecified atom stereocenters. The second-order valence-electron chi connectivity index (χ2n) is 6.99. The van der Waals surface area contributed by atoms with Crippen molar-refractivity contribution in [2.75, 3.05) is 6.54 Å². The fraction of sp³-hybridized carbons (Fsp3) is 0.250. The Hall–Kier alpha value is -1.53. The third-order valence-electron chi connectivity index (χ3n) is 5.18. The number of aliphatic hydroxyl groups is 2. The highest BCUT2D eigenvalue weighted by Gasteiger charge is 2.57. The molecule has 140 valence electrons. The summed E-state index contributed by atoms with van der Waals surface area (Å²) in [4.78, 5) is 14.7. The van der Waals surface area contributed by atoms with Gasteiger partial charge in [0.2, 0.25) is 0 Å². The summed E-state index contributed by atoms with van der Waals surface area (Å²) in [7, 11) is 0. The number of amides is 1. The first kappa shape index (κ1) is 18.8. The highest BCUT2D eigenvalue weighted by molar-refractivity contribution is 9.10. The Morgan fingerprint density at radius 3 is 2.41 bits per heavy atom. The van der Waals surface area contributed by atoms with Gasteiger partial charge in [0, 0.05) is 33.9 Å². The van der Waals surface area contributed by atoms with Crippen molar-refractivity contribution in [2.45, 2.75) is 24.5 Å². The van der Waals surface area contributed by atoms with Gasteiger partial charge < -0.3 is 15.1 Å². The summed E-state index contributed by atoms with van der Waals surface area (Å²) in [5.41, 5.74) is 0.675. The average Bonchev–Trinajstić information content (AvgIpc) is 3.01. The molecule has 1 saturated heterocycles. The fourth-order valence-electron chi connectivity index (χ4n) is 4.07. The van der Waals surface area contributed by atoms with E-state index in [-0.39, 0.29) is 30.2 Å². The van der Waals surface area contributed by atoms with E-state index in [2.05, 4.69) is 15.9 Å². The van der Waals surface area contributed by atoms with Crippen LogP contribution in [0.15, 0.2) is 52.7 Å². The van der Waals surface area contributed by atoms with Gasteiger partial charge in [0.15, 0.2) is 0 Å². The van der Waals surface area contributed by atoms with E-state index in [1.54, 1.807) is 23.1 Å². The molecule has 0 radical (unpaired) electrons. The van der Waals surface area contributed by atoms with Crippen LogP contribution in [0.4, 0.5) is 0 Å². The summed E-state index contributed by atoms with van der Waals surface area (Å²) in [6.07, 6.45) is 0.00145. The second kappa shape index (κ2) is 6.82. The Labute approximate surface area is 175 Å². The van der Waals surface area contributed by atoms with Crippen molar-refractivity contribution < 1.29 is 15.0 Å². The third-order valence-corrected chi connectivity index (χ3v) is 6.15. The topological polar surface area (TPSA) is 60.8 Å². The molecular formula is C20H16BrCl2NO3. The molecule has 7 heteroatoms. The molecule has 2 aromatic rings. The van der Waals surface area contributed by atoms with Crippen LogP contribution in [-0.4, -0.2) is 39.2 Å². The number of halogens is 3. The minimum Gasteiger partial charge on any atom is -0.509 e. The number of aliphatic hydroxyl groups excluding tert-OH is 2. The van der Waals surface area contributed by atoms with Crippen molar-refractivity contribution in [1.29, 1.82) is 0 Å². The first-order chi connectivity index (χ1) is 12.8. The third kappa shape index (κ3) is 3.17. The molecule has 0 bridgehead atoms. The Morgan fingerprint density at radius 1 is 1.15 bits per heavy atom. The lowest BCUT2D eigenvalue weighted by Gasteiger charge is -2.32. The van der Waals surface area contributed by atoms with Gasteiger partial charge in [0.1, 0.15) is 11.3 Å². The fourth-order valence-corrected chi connectivity index (χ4v) is 4.86. The van der Waals surface area contributed by atoms with Gasteiger partial charge in [0.05, 0.1) is 11.7 Å². The molecule has 2 atom stereocenters. The van der Waals surface area contributed by atoms with E-state index in [1.165, 1.54) is 0 Å². The van der Waals surface area contributed by atoms with E-state index in [1.807, 2.05) is 24.3 Å². The highest BCUT2D eigenvalue weighted by atomic mass is 79.9. The lowest BCUT2D eigenvalue weighted by Crippen LogP contribution is -2.45. The van der Waals surface area contributed by atoms with Crippen molar-refractivity contribution in [3.63, 3.8) is 0 Å². The van der Waals surface area contributed by atoms with E-state index in [4.69, 9.17) is 23.2 Å². The Morgan fingerprint density at radius 2 is 1.78 bits per heavy atom. The molecule has 4 nitrogen and oxygen atoms in total. The maximum absolute atomic E-state index is 13.1. The summed E-state index contributed by atoms with van der Waals surface area (Å²) in [6, 6.07) is 12.5. The second-order valence-corrected chi connectivity index (χ2v) is 8.78. The van der Waals surface area contributed by atoms with Crippen molar-refractivity contribution in [3.05, 3.63) is 73.9 Å². The van der Waals surface area contributed by atoms with Gasteiger partial charge in [0.25, 0.3) is 5.91 Å². The molecule has 1 fully saturated rings. The molecule has 2 aliphatic rings. The van der Waals surface area contributed by atoms with Crippen LogP contribution < -0.4 is 0 Å². The maximum atomic E-state index is 13.1. The predicted octanol–water partition coefficient (Wildman–Crippen LogP) is 4.61. The van der Waals surface area contributed by atoms with Gasteiger partial charge in [-0.1, -0.05) is 51.3 Å². The van der Waals surface area contributed by atoms with E-state index in [0.29, 0.717) is 22.0 Å². The van der Waals surface area contributed by atoms with Crippen molar-refractivity contribution in [2.24, 2.45) is 0 Å². The number of hydrogen-bond donors (Lipinski definition) is 2. The Kier molecular flexibility index (Phi) is 4.75. The van der Waals surface area contributed by atoms with Crippen LogP contribution in [0.2, 0.25) is 10.0 Å². The molecule has 0 spiro atoms.